The van der Waals surface area contributed by atoms with Gasteiger partial charge in [0.15, 0.2) is 0 Å². The van der Waals surface area contributed by atoms with Crippen LogP contribution in [0.2, 0.25) is 0 Å². The summed E-state index contributed by atoms with van der Waals surface area (Å²) in [4.78, 5) is 11.3. The number of esters is 1. The maximum atomic E-state index is 11.3. The Balaban J connectivity index is 1.79. The Kier molecular flexibility index (Phi) is 2.74. The standard InChI is InChI=1S/C10H17NO3/c1-2-13-9(12)8-6-10(7-8)11-4-3-5-14-10/h8,11H,2-7H2,1H3. The van der Waals surface area contributed by atoms with Gasteiger partial charge in [-0.15, -0.1) is 0 Å². The predicted molar refractivity (Wildman–Crippen MR) is 50.7 cm³/mol. The molecule has 2 fully saturated rings. The molecule has 1 saturated carbocycles. The number of carbonyl (C=O) groups excluding carboxylic acids is 1. The second-order valence-electron chi connectivity index (χ2n) is 3.98. The van der Waals surface area contributed by atoms with E-state index in [1.165, 1.54) is 0 Å². The molecule has 2 aliphatic rings. The molecule has 80 valence electrons. The Morgan fingerprint density at radius 2 is 2.43 bits per heavy atom. The Morgan fingerprint density at radius 3 is 3.00 bits per heavy atom. The minimum absolute atomic E-state index is 0.0422. The van der Waals surface area contributed by atoms with E-state index in [4.69, 9.17) is 9.47 Å². The van der Waals surface area contributed by atoms with Crippen molar-refractivity contribution in [2.45, 2.75) is 31.9 Å². The SMILES string of the molecule is CCOC(=O)C1CC2(C1)NCCCO2. The molecule has 0 aromatic heterocycles. The van der Waals surface area contributed by atoms with Gasteiger partial charge in [-0.05, 0) is 19.9 Å². The summed E-state index contributed by atoms with van der Waals surface area (Å²) in [6.45, 7) is 4.11. The highest BCUT2D eigenvalue weighted by Crippen LogP contribution is 2.40. The molecule has 1 spiro atoms. The van der Waals surface area contributed by atoms with Crippen molar-refractivity contribution in [3.05, 3.63) is 0 Å². The summed E-state index contributed by atoms with van der Waals surface area (Å²) in [5.41, 5.74) is -0.199. The van der Waals surface area contributed by atoms with Gasteiger partial charge in [0.2, 0.25) is 0 Å². The molecular formula is C10H17NO3. The summed E-state index contributed by atoms with van der Waals surface area (Å²) < 4.78 is 10.6. The van der Waals surface area contributed by atoms with Crippen molar-refractivity contribution in [2.75, 3.05) is 19.8 Å². The number of hydrogen-bond acceptors (Lipinski definition) is 4. The van der Waals surface area contributed by atoms with Gasteiger partial charge in [0, 0.05) is 12.8 Å². The minimum Gasteiger partial charge on any atom is -0.466 e. The highest BCUT2D eigenvalue weighted by atomic mass is 16.5. The van der Waals surface area contributed by atoms with Crippen LogP contribution in [0.5, 0.6) is 0 Å². The highest BCUT2D eigenvalue weighted by molar-refractivity contribution is 5.74. The fourth-order valence-corrected chi connectivity index (χ4v) is 2.13. The number of rotatable bonds is 2. The van der Waals surface area contributed by atoms with E-state index in [2.05, 4.69) is 5.32 Å². The lowest BCUT2D eigenvalue weighted by atomic mass is 9.76. The summed E-state index contributed by atoms with van der Waals surface area (Å²) in [5.74, 6) is -0.0327. The van der Waals surface area contributed by atoms with Crippen LogP contribution in [0, 0.1) is 5.92 Å². The van der Waals surface area contributed by atoms with E-state index < -0.39 is 0 Å². The fourth-order valence-electron chi connectivity index (χ4n) is 2.13. The molecule has 1 aliphatic carbocycles. The van der Waals surface area contributed by atoms with E-state index in [0.717, 1.165) is 32.4 Å². The van der Waals surface area contributed by atoms with Crippen LogP contribution < -0.4 is 5.32 Å². The van der Waals surface area contributed by atoms with Gasteiger partial charge in [0.25, 0.3) is 0 Å². The van der Waals surface area contributed by atoms with Crippen LogP contribution in [0.25, 0.3) is 0 Å². The molecule has 2 rings (SSSR count). The number of ether oxygens (including phenoxy) is 2. The van der Waals surface area contributed by atoms with Crippen LogP contribution in [0.1, 0.15) is 26.2 Å². The van der Waals surface area contributed by atoms with Gasteiger partial charge in [-0.3, -0.25) is 10.1 Å². The van der Waals surface area contributed by atoms with Gasteiger partial charge in [-0.25, -0.2) is 0 Å². The van der Waals surface area contributed by atoms with Crippen LogP contribution in [0.3, 0.4) is 0 Å². The van der Waals surface area contributed by atoms with Crippen molar-refractivity contribution >= 4 is 5.97 Å². The molecule has 1 aliphatic heterocycles. The van der Waals surface area contributed by atoms with Gasteiger partial charge < -0.3 is 9.47 Å². The topological polar surface area (TPSA) is 47.6 Å². The van der Waals surface area contributed by atoms with Crippen LogP contribution in [-0.2, 0) is 14.3 Å². The van der Waals surface area contributed by atoms with Gasteiger partial charge in [0.1, 0.15) is 5.72 Å². The zero-order valence-corrected chi connectivity index (χ0v) is 8.54. The summed E-state index contributed by atoms with van der Waals surface area (Å²) >= 11 is 0. The van der Waals surface area contributed by atoms with Crippen molar-refractivity contribution in [3.63, 3.8) is 0 Å². The summed E-state index contributed by atoms with van der Waals surface area (Å²) in [5, 5.41) is 3.33. The molecular weight excluding hydrogens is 182 g/mol. The lowest BCUT2D eigenvalue weighted by Gasteiger charge is -2.48. The van der Waals surface area contributed by atoms with Crippen LogP contribution >= 0.6 is 0 Å². The third-order valence-electron chi connectivity index (χ3n) is 2.92. The van der Waals surface area contributed by atoms with Crippen molar-refractivity contribution in [2.24, 2.45) is 5.92 Å². The highest BCUT2D eigenvalue weighted by Gasteiger charge is 2.49. The first-order chi connectivity index (χ1) is 6.76. The Bertz CT molecular complexity index is 215. The Hall–Kier alpha value is -0.610. The Labute approximate surface area is 84.0 Å². The van der Waals surface area contributed by atoms with Crippen molar-refractivity contribution in [1.29, 1.82) is 0 Å². The average molecular weight is 199 g/mol. The molecule has 0 aromatic carbocycles. The van der Waals surface area contributed by atoms with E-state index >= 15 is 0 Å². The second kappa shape index (κ2) is 3.87. The van der Waals surface area contributed by atoms with E-state index in [1.54, 1.807) is 0 Å². The van der Waals surface area contributed by atoms with Crippen molar-refractivity contribution in [1.82, 2.24) is 5.32 Å². The molecule has 4 heteroatoms. The second-order valence-corrected chi connectivity index (χ2v) is 3.98. The van der Waals surface area contributed by atoms with Gasteiger partial charge in [-0.1, -0.05) is 0 Å². The normalized spacial score (nSPS) is 36.5. The molecule has 0 radical (unpaired) electrons. The van der Waals surface area contributed by atoms with Gasteiger partial charge in [0.05, 0.1) is 19.1 Å². The molecule has 4 nitrogen and oxygen atoms in total. The lowest BCUT2D eigenvalue weighted by Crippen LogP contribution is -2.61. The number of carbonyl (C=O) groups is 1. The minimum atomic E-state index is -0.199. The zero-order valence-electron chi connectivity index (χ0n) is 8.54. The quantitative estimate of drug-likeness (QED) is 0.664. The molecule has 0 unspecified atom stereocenters. The summed E-state index contributed by atoms with van der Waals surface area (Å²) in [6, 6.07) is 0. The summed E-state index contributed by atoms with van der Waals surface area (Å²) in [7, 11) is 0. The molecule has 0 atom stereocenters. The monoisotopic (exact) mass is 199 g/mol. The molecule has 0 amide bonds. The maximum Gasteiger partial charge on any atom is 0.309 e. The van der Waals surface area contributed by atoms with Crippen molar-refractivity contribution in [3.8, 4) is 0 Å². The number of hydrogen-bond donors (Lipinski definition) is 1. The van der Waals surface area contributed by atoms with Crippen LogP contribution in [0.15, 0.2) is 0 Å². The molecule has 0 aromatic rings. The fraction of sp³-hybridized carbons (Fsp3) is 0.900. The Morgan fingerprint density at radius 1 is 1.64 bits per heavy atom. The van der Waals surface area contributed by atoms with Gasteiger partial charge in [-0.2, -0.15) is 0 Å². The third-order valence-corrected chi connectivity index (χ3v) is 2.92. The van der Waals surface area contributed by atoms with Crippen LogP contribution in [0.4, 0.5) is 0 Å². The van der Waals surface area contributed by atoms with Crippen molar-refractivity contribution < 1.29 is 14.3 Å². The zero-order chi connectivity index (χ0) is 10.0. The largest absolute Gasteiger partial charge is 0.466 e. The first-order valence-corrected chi connectivity index (χ1v) is 5.31. The molecule has 1 heterocycles. The van der Waals surface area contributed by atoms with Gasteiger partial charge >= 0.3 is 5.97 Å². The smallest absolute Gasteiger partial charge is 0.309 e. The first kappa shape index (κ1) is 9.93. The van der Waals surface area contributed by atoms with E-state index in [-0.39, 0.29) is 17.6 Å². The van der Waals surface area contributed by atoms with Crippen LogP contribution in [-0.4, -0.2) is 31.5 Å². The predicted octanol–water partition coefficient (Wildman–Crippen LogP) is 0.666. The lowest BCUT2D eigenvalue weighted by molar-refractivity contribution is -0.190. The van der Waals surface area contributed by atoms with E-state index in [9.17, 15) is 4.79 Å². The van der Waals surface area contributed by atoms with E-state index in [0.29, 0.717) is 6.61 Å². The molecule has 14 heavy (non-hydrogen) atoms. The maximum absolute atomic E-state index is 11.3. The third kappa shape index (κ3) is 1.77. The first-order valence-electron chi connectivity index (χ1n) is 5.31. The molecule has 0 bridgehead atoms. The molecule has 1 N–H and O–H groups in total. The molecule has 1 saturated heterocycles. The average Bonchev–Trinajstić information content (AvgIpc) is 2.16. The number of nitrogens with one attached hydrogen (secondary N) is 1. The summed E-state index contributed by atoms with van der Waals surface area (Å²) in [6.07, 6.45) is 2.60. The van der Waals surface area contributed by atoms with E-state index in [1.807, 2.05) is 6.92 Å².